The molecular formula is C19H16FN5O2S. The van der Waals surface area contributed by atoms with Crippen molar-refractivity contribution in [2.24, 2.45) is 7.05 Å². The van der Waals surface area contributed by atoms with Crippen LogP contribution in [0.1, 0.15) is 16.5 Å². The average Bonchev–Trinajstić information content (AvgIpc) is 3.34. The zero-order valence-electron chi connectivity index (χ0n) is 14.9. The predicted molar refractivity (Wildman–Crippen MR) is 103 cm³/mol. The Bertz CT molecular complexity index is 1180. The number of thiophene rings is 1. The lowest BCUT2D eigenvalue weighted by Gasteiger charge is -2.18. The van der Waals surface area contributed by atoms with E-state index in [9.17, 15) is 14.0 Å². The van der Waals surface area contributed by atoms with Crippen LogP contribution in [0.4, 0.5) is 4.39 Å². The summed E-state index contributed by atoms with van der Waals surface area (Å²) in [5, 5.41) is 9.20. The number of aryl methyl sites for hydroxylation is 1. The summed E-state index contributed by atoms with van der Waals surface area (Å²) >= 11 is 1.49. The van der Waals surface area contributed by atoms with Gasteiger partial charge in [0.05, 0.1) is 12.2 Å². The van der Waals surface area contributed by atoms with Gasteiger partial charge >= 0.3 is 0 Å². The van der Waals surface area contributed by atoms with Gasteiger partial charge in [0.1, 0.15) is 24.1 Å². The van der Waals surface area contributed by atoms with Gasteiger partial charge < -0.3 is 5.32 Å². The Labute approximate surface area is 163 Å². The van der Waals surface area contributed by atoms with Crippen LogP contribution >= 0.6 is 11.3 Å². The summed E-state index contributed by atoms with van der Waals surface area (Å²) in [6, 6.07) is 9.32. The Balaban J connectivity index is 1.59. The number of hydrogen-bond donors (Lipinski definition) is 1. The largest absolute Gasteiger partial charge is 0.343 e. The summed E-state index contributed by atoms with van der Waals surface area (Å²) in [6.45, 7) is -0.181. The number of fused-ring (bicyclic) bond motifs is 1. The van der Waals surface area contributed by atoms with Crippen LogP contribution in [0.15, 0.2) is 59.1 Å². The molecule has 1 unspecified atom stereocenters. The van der Waals surface area contributed by atoms with Crippen molar-refractivity contribution in [2.45, 2.75) is 12.6 Å². The van der Waals surface area contributed by atoms with Crippen molar-refractivity contribution in [3.05, 3.63) is 80.9 Å². The molecule has 9 heteroatoms. The molecule has 4 aromatic rings. The molecule has 28 heavy (non-hydrogen) atoms. The van der Waals surface area contributed by atoms with Crippen molar-refractivity contribution in [1.82, 2.24) is 24.6 Å². The molecule has 7 nitrogen and oxygen atoms in total. The van der Waals surface area contributed by atoms with E-state index in [-0.39, 0.29) is 23.8 Å². The molecule has 0 bridgehead atoms. The lowest BCUT2D eigenvalue weighted by molar-refractivity contribution is -0.122. The van der Waals surface area contributed by atoms with E-state index < -0.39 is 6.04 Å². The van der Waals surface area contributed by atoms with Crippen LogP contribution in [0.3, 0.4) is 0 Å². The maximum atomic E-state index is 13.3. The zero-order chi connectivity index (χ0) is 19.7. The molecule has 142 valence electrons. The van der Waals surface area contributed by atoms with E-state index in [4.69, 9.17) is 0 Å². The average molecular weight is 397 g/mol. The Morgan fingerprint density at radius 2 is 2.07 bits per heavy atom. The Kier molecular flexibility index (Phi) is 4.74. The van der Waals surface area contributed by atoms with Crippen LogP contribution < -0.4 is 10.9 Å². The van der Waals surface area contributed by atoms with Crippen LogP contribution in [-0.2, 0) is 18.4 Å². The number of hydrogen-bond acceptors (Lipinski definition) is 5. The molecule has 1 N–H and O–H groups in total. The molecule has 1 aromatic carbocycles. The fourth-order valence-corrected chi connectivity index (χ4v) is 3.77. The Morgan fingerprint density at radius 1 is 1.29 bits per heavy atom. The first kappa shape index (κ1) is 18.1. The Morgan fingerprint density at radius 3 is 2.79 bits per heavy atom. The highest BCUT2D eigenvalue weighted by Gasteiger charge is 2.19. The summed E-state index contributed by atoms with van der Waals surface area (Å²) in [6.07, 6.45) is 2.77. The van der Waals surface area contributed by atoms with E-state index in [2.05, 4.69) is 15.4 Å². The minimum absolute atomic E-state index is 0.181. The van der Waals surface area contributed by atoms with Gasteiger partial charge in [-0.15, -0.1) is 11.3 Å². The van der Waals surface area contributed by atoms with E-state index in [0.29, 0.717) is 11.0 Å². The van der Waals surface area contributed by atoms with E-state index in [1.807, 2.05) is 17.5 Å². The SMILES string of the molecule is Cn1ncc2c(=O)n(CC(=O)NC(c3ccc(F)cc3)c3cccs3)cnc21. The summed E-state index contributed by atoms with van der Waals surface area (Å²) in [4.78, 5) is 30.3. The van der Waals surface area contributed by atoms with Gasteiger partial charge in [0.25, 0.3) is 5.56 Å². The van der Waals surface area contributed by atoms with Crippen LogP contribution in [-0.4, -0.2) is 25.2 Å². The van der Waals surface area contributed by atoms with Crippen molar-refractivity contribution < 1.29 is 9.18 Å². The molecular weight excluding hydrogens is 381 g/mol. The first-order valence-electron chi connectivity index (χ1n) is 8.48. The van der Waals surface area contributed by atoms with Gasteiger partial charge in [0.2, 0.25) is 5.91 Å². The molecule has 3 aromatic heterocycles. The third-order valence-corrected chi connectivity index (χ3v) is 5.31. The third-order valence-electron chi connectivity index (χ3n) is 4.37. The van der Waals surface area contributed by atoms with Crippen LogP contribution in [0.25, 0.3) is 11.0 Å². The first-order valence-corrected chi connectivity index (χ1v) is 9.36. The van der Waals surface area contributed by atoms with Gasteiger partial charge in [-0.25, -0.2) is 9.37 Å². The minimum Gasteiger partial charge on any atom is -0.343 e. The normalized spacial score (nSPS) is 12.2. The van der Waals surface area contributed by atoms with Gasteiger partial charge in [0, 0.05) is 11.9 Å². The summed E-state index contributed by atoms with van der Waals surface area (Å²) in [5.41, 5.74) is 0.887. The van der Waals surface area contributed by atoms with Crippen LogP contribution in [0.2, 0.25) is 0 Å². The fourth-order valence-electron chi connectivity index (χ4n) is 2.97. The predicted octanol–water partition coefficient (Wildman–Crippen LogP) is 2.24. The Hall–Kier alpha value is -3.33. The van der Waals surface area contributed by atoms with Gasteiger partial charge in [0.15, 0.2) is 5.65 Å². The van der Waals surface area contributed by atoms with Crippen molar-refractivity contribution in [3.8, 4) is 0 Å². The lowest BCUT2D eigenvalue weighted by Crippen LogP contribution is -2.35. The number of aromatic nitrogens is 4. The number of halogens is 1. The second-order valence-corrected chi connectivity index (χ2v) is 7.23. The van der Waals surface area contributed by atoms with E-state index in [1.54, 1.807) is 19.2 Å². The van der Waals surface area contributed by atoms with Crippen molar-refractivity contribution in [2.75, 3.05) is 0 Å². The molecule has 0 saturated heterocycles. The monoisotopic (exact) mass is 397 g/mol. The molecule has 0 aliphatic carbocycles. The number of nitrogens with zero attached hydrogens (tertiary/aromatic N) is 4. The third kappa shape index (κ3) is 3.44. The molecule has 0 saturated carbocycles. The van der Waals surface area contributed by atoms with Gasteiger partial charge in [-0.3, -0.25) is 18.8 Å². The second kappa shape index (κ2) is 7.35. The summed E-state index contributed by atoms with van der Waals surface area (Å²) in [7, 11) is 1.69. The number of amides is 1. The molecule has 1 atom stereocenters. The maximum Gasteiger partial charge on any atom is 0.264 e. The highest BCUT2D eigenvalue weighted by atomic mass is 32.1. The van der Waals surface area contributed by atoms with Crippen LogP contribution in [0.5, 0.6) is 0 Å². The minimum atomic E-state index is -0.432. The van der Waals surface area contributed by atoms with E-state index in [1.165, 1.54) is 45.2 Å². The maximum absolute atomic E-state index is 13.3. The number of carbonyl (C=O) groups is 1. The molecule has 0 fully saturated rings. The second-order valence-electron chi connectivity index (χ2n) is 6.25. The molecule has 0 aliphatic rings. The summed E-state index contributed by atoms with van der Waals surface area (Å²) in [5.74, 6) is -0.697. The van der Waals surface area contributed by atoms with Crippen molar-refractivity contribution in [3.63, 3.8) is 0 Å². The standard InChI is InChI=1S/C19H16FN5O2S/c1-24-18-14(9-22-24)19(27)25(11-21-18)10-16(26)23-17(15-3-2-8-28-15)12-4-6-13(20)7-5-12/h2-9,11,17H,10H2,1H3,(H,23,26). The number of nitrogens with one attached hydrogen (secondary N) is 1. The van der Waals surface area contributed by atoms with E-state index in [0.717, 1.165) is 10.4 Å². The highest BCUT2D eigenvalue weighted by Crippen LogP contribution is 2.26. The molecule has 1 amide bonds. The lowest BCUT2D eigenvalue weighted by atomic mass is 10.1. The van der Waals surface area contributed by atoms with Gasteiger partial charge in [-0.1, -0.05) is 18.2 Å². The quantitative estimate of drug-likeness (QED) is 0.560. The molecule has 0 radical (unpaired) electrons. The zero-order valence-corrected chi connectivity index (χ0v) is 15.7. The number of carbonyl (C=O) groups excluding carboxylic acids is 1. The molecule has 0 spiro atoms. The smallest absolute Gasteiger partial charge is 0.264 e. The highest BCUT2D eigenvalue weighted by molar-refractivity contribution is 7.10. The van der Waals surface area contributed by atoms with Crippen molar-refractivity contribution >= 4 is 28.3 Å². The fraction of sp³-hybridized carbons (Fsp3) is 0.158. The number of rotatable bonds is 5. The topological polar surface area (TPSA) is 81.8 Å². The molecule has 0 aliphatic heterocycles. The van der Waals surface area contributed by atoms with Crippen LogP contribution in [0, 0.1) is 5.82 Å². The summed E-state index contributed by atoms with van der Waals surface area (Å²) < 4.78 is 16.0. The van der Waals surface area contributed by atoms with Crippen molar-refractivity contribution in [1.29, 1.82) is 0 Å². The molecule has 3 heterocycles. The van der Waals surface area contributed by atoms with E-state index >= 15 is 0 Å². The van der Waals surface area contributed by atoms with Gasteiger partial charge in [-0.05, 0) is 29.1 Å². The first-order chi connectivity index (χ1) is 13.5. The number of benzene rings is 1. The van der Waals surface area contributed by atoms with Gasteiger partial charge in [-0.2, -0.15) is 5.10 Å². The molecule has 4 rings (SSSR count).